The van der Waals surface area contributed by atoms with Crippen molar-refractivity contribution in [2.75, 3.05) is 0 Å². The number of aryl methyl sites for hydroxylation is 2. The lowest BCUT2D eigenvalue weighted by atomic mass is 10.0. The standard InChI is InChI=1S/C45H89N2/c1-4-7-10-13-16-19-21-23-24-25-26-28-30-33-36-39-42-47-44-43-46(45(47)40-37-34-31-18-15-12-9-6-3)41-38-35-32-29-27-22-20-17-14-11-8-5-2/h43-44H,4-42H2,1-3H3/q+1. The number of rotatable bonds is 39. The van der Waals surface area contributed by atoms with Crippen LogP contribution in [0.25, 0.3) is 0 Å². The van der Waals surface area contributed by atoms with Crippen LogP contribution < -0.4 is 4.57 Å². The van der Waals surface area contributed by atoms with Crippen LogP contribution in [-0.4, -0.2) is 4.57 Å². The second-order valence-electron chi connectivity index (χ2n) is 15.5. The van der Waals surface area contributed by atoms with Crippen LogP contribution in [0.1, 0.15) is 258 Å². The third-order valence-electron chi connectivity index (χ3n) is 10.8. The lowest BCUT2D eigenvalue weighted by Gasteiger charge is -2.07. The highest BCUT2D eigenvalue weighted by Crippen LogP contribution is 2.16. The van der Waals surface area contributed by atoms with E-state index in [1.165, 1.54) is 251 Å². The van der Waals surface area contributed by atoms with E-state index >= 15 is 0 Å². The second-order valence-corrected chi connectivity index (χ2v) is 15.5. The van der Waals surface area contributed by atoms with Crippen LogP contribution in [0.3, 0.4) is 0 Å². The van der Waals surface area contributed by atoms with Crippen molar-refractivity contribution in [2.45, 2.75) is 271 Å². The molecule has 2 nitrogen and oxygen atoms in total. The summed E-state index contributed by atoms with van der Waals surface area (Å²) in [5.74, 6) is 1.63. The first-order valence-corrected chi connectivity index (χ1v) is 22.4. The molecule has 0 fully saturated rings. The normalized spacial score (nSPS) is 11.6. The van der Waals surface area contributed by atoms with Gasteiger partial charge in [-0.3, -0.25) is 0 Å². The predicted octanol–water partition coefficient (Wildman–Crippen LogP) is 15.4. The maximum atomic E-state index is 2.64. The first-order valence-electron chi connectivity index (χ1n) is 22.4. The summed E-state index contributed by atoms with van der Waals surface area (Å²) in [6.45, 7) is 9.41. The smallest absolute Gasteiger partial charge is 0.234 e. The van der Waals surface area contributed by atoms with Crippen molar-refractivity contribution in [3.8, 4) is 0 Å². The topological polar surface area (TPSA) is 8.81 Å². The molecule has 1 heterocycles. The lowest BCUT2D eigenvalue weighted by molar-refractivity contribution is -0.704. The van der Waals surface area contributed by atoms with Crippen molar-refractivity contribution >= 4 is 0 Å². The average molecular weight is 658 g/mol. The van der Waals surface area contributed by atoms with Crippen LogP contribution in [0.15, 0.2) is 12.4 Å². The highest BCUT2D eigenvalue weighted by Gasteiger charge is 2.16. The van der Waals surface area contributed by atoms with E-state index in [9.17, 15) is 0 Å². The Labute approximate surface area is 298 Å². The maximum Gasteiger partial charge on any atom is 0.256 e. The van der Waals surface area contributed by atoms with Crippen LogP contribution in [0.2, 0.25) is 0 Å². The van der Waals surface area contributed by atoms with Gasteiger partial charge in [-0.2, -0.15) is 0 Å². The molecule has 0 aliphatic carbocycles. The molecule has 1 aromatic heterocycles. The molecule has 0 atom stereocenters. The maximum absolute atomic E-state index is 2.64. The molecule has 0 saturated carbocycles. The van der Waals surface area contributed by atoms with Crippen molar-refractivity contribution < 1.29 is 4.57 Å². The van der Waals surface area contributed by atoms with Gasteiger partial charge in [0.05, 0.1) is 13.1 Å². The fraction of sp³-hybridized carbons (Fsp3) is 0.933. The third-order valence-corrected chi connectivity index (χ3v) is 10.8. The molecular formula is C45H89N2+. The van der Waals surface area contributed by atoms with Crippen LogP contribution in [0.4, 0.5) is 0 Å². The summed E-state index contributed by atoms with van der Waals surface area (Å²) < 4.78 is 5.29. The Morgan fingerprint density at radius 1 is 0.362 bits per heavy atom. The lowest BCUT2D eigenvalue weighted by Crippen LogP contribution is -2.37. The van der Waals surface area contributed by atoms with Gasteiger partial charge in [0.1, 0.15) is 12.4 Å². The van der Waals surface area contributed by atoms with Gasteiger partial charge >= 0.3 is 0 Å². The third kappa shape index (κ3) is 28.7. The van der Waals surface area contributed by atoms with Gasteiger partial charge in [-0.25, -0.2) is 9.13 Å². The Balaban J connectivity index is 2.22. The highest BCUT2D eigenvalue weighted by molar-refractivity contribution is 4.84. The quantitative estimate of drug-likeness (QED) is 0.0492. The fourth-order valence-electron chi connectivity index (χ4n) is 7.56. The van der Waals surface area contributed by atoms with Gasteiger partial charge in [-0.1, -0.05) is 220 Å². The molecule has 0 saturated heterocycles. The van der Waals surface area contributed by atoms with Crippen molar-refractivity contribution in [1.82, 2.24) is 4.57 Å². The van der Waals surface area contributed by atoms with E-state index in [4.69, 9.17) is 0 Å². The van der Waals surface area contributed by atoms with Gasteiger partial charge in [-0.15, -0.1) is 0 Å². The first kappa shape index (κ1) is 44.2. The molecule has 0 aromatic carbocycles. The van der Waals surface area contributed by atoms with Gasteiger partial charge in [0, 0.05) is 6.42 Å². The Hall–Kier alpha value is -0.790. The number of hydrogen-bond donors (Lipinski definition) is 0. The summed E-state index contributed by atoms with van der Waals surface area (Å²) in [6, 6.07) is 0. The Morgan fingerprint density at radius 2 is 0.660 bits per heavy atom. The van der Waals surface area contributed by atoms with E-state index in [0.29, 0.717) is 0 Å². The summed E-state index contributed by atoms with van der Waals surface area (Å²) in [6.07, 6.45) is 57.8. The van der Waals surface area contributed by atoms with Gasteiger partial charge < -0.3 is 0 Å². The zero-order valence-corrected chi connectivity index (χ0v) is 33.1. The van der Waals surface area contributed by atoms with E-state index in [0.717, 1.165) is 0 Å². The van der Waals surface area contributed by atoms with E-state index in [2.05, 4.69) is 42.3 Å². The van der Waals surface area contributed by atoms with Crippen LogP contribution in [-0.2, 0) is 19.5 Å². The van der Waals surface area contributed by atoms with Crippen LogP contribution >= 0.6 is 0 Å². The summed E-state index contributed by atoms with van der Waals surface area (Å²) in [5.41, 5.74) is 0. The van der Waals surface area contributed by atoms with Gasteiger partial charge in [-0.05, 0) is 32.1 Å². The molecule has 0 unspecified atom stereocenters. The average Bonchev–Trinajstić information content (AvgIpc) is 3.47. The van der Waals surface area contributed by atoms with Gasteiger partial charge in [0.15, 0.2) is 0 Å². The summed E-state index contributed by atoms with van der Waals surface area (Å²) >= 11 is 0. The van der Waals surface area contributed by atoms with E-state index in [1.54, 1.807) is 5.82 Å². The molecule has 1 aromatic rings. The van der Waals surface area contributed by atoms with Crippen molar-refractivity contribution in [1.29, 1.82) is 0 Å². The molecule has 2 heteroatoms. The first-order chi connectivity index (χ1) is 23.3. The largest absolute Gasteiger partial charge is 0.256 e. The molecule has 0 aliphatic heterocycles. The Kier molecular flexibility index (Phi) is 34.3. The monoisotopic (exact) mass is 658 g/mol. The zero-order chi connectivity index (χ0) is 33.7. The van der Waals surface area contributed by atoms with Crippen molar-refractivity contribution in [2.24, 2.45) is 0 Å². The number of nitrogens with zero attached hydrogens (tertiary/aromatic N) is 2. The Bertz CT molecular complexity index is 722. The number of unbranched alkanes of at least 4 members (excludes halogenated alkanes) is 33. The molecule has 1 rings (SSSR count). The second kappa shape index (κ2) is 36.5. The molecule has 0 amide bonds. The van der Waals surface area contributed by atoms with Crippen molar-refractivity contribution in [3.63, 3.8) is 0 Å². The molecule has 0 radical (unpaired) electrons. The number of hydrogen-bond acceptors (Lipinski definition) is 0. The minimum absolute atomic E-state index is 1.23. The zero-order valence-electron chi connectivity index (χ0n) is 33.1. The summed E-state index contributed by atoms with van der Waals surface area (Å²) in [7, 11) is 0. The summed E-state index contributed by atoms with van der Waals surface area (Å²) in [4.78, 5) is 0. The molecule has 0 spiro atoms. The number of imidazole rings is 1. The molecule has 0 N–H and O–H groups in total. The summed E-state index contributed by atoms with van der Waals surface area (Å²) in [5, 5.41) is 0. The minimum Gasteiger partial charge on any atom is -0.234 e. The SMILES string of the molecule is CCCCCCCCCCCCCCCCCC[n+]1ccn(CCCCCCCCCCCCCC)c1CCCCCCCCCC. The highest BCUT2D eigenvalue weighted by atomic mass is 15.1. The molecule has 0 bridgehead atoms. The molecule has 0 aliphatic rings. The molecular weight excluding hydrogens is 569 g/mol. The van der Waals surface area contributed by atoms with Crippen LogP contribution in [0, 0.1) is 0 Å². The van der Waals surface area contributed by atoms with E-state index < -0.39 is 0 Å². The van der Waals surface area contributed by atoms with E-state index in [1.807, 2.05) is 0 Å². The fourth-order valence-corrected chi connectivity index (χ4v) is 7.56. The molecule has 278 valence electrons. The van der Waals surface area contributed by atoms with Crippen LogP contribution in [0.5, 0.6) is 0 Å². The Morgan fingerprint density at radius 3 is 1.02 bits per heavy atom. The van der Waals surface area contributed by atoms with Gasteiger partial charge in [0.25, 0.3) is 5.82 Å². The number of aromatic nitrogens is 2. The van der Waals surface area contributed by atoms with E-state index in [-0.39, 0.29) is 0 Å². The minimum atomic E-state index is 1.23. The molecule has 47 heavy (non-hydrogen) atoms. The van der Waals surface area contributed by atoms with Crippen molar-refractivity contribution in [3.05, 3.63) is 18.2 Å². The van der Waals surface area contributed by atoms with Gasteiger partial charge in [0.2, 0.25) is 0 Å². The predicted molar refractivity (Wildman–Crippen MR) is 212 cm³/mol.